The van der Waals surface area contributed by atoms with Gasteiger partial charge in [0.1, 0.15) is 6.61 Å². The Morgan fingerprint density at radius 2 is 2.11 bits per heavy atom. The first-order chi connectivity index (χ1) is 13.0. The lowest BCUT2D eigenvalue weighted by molar-refractivity contribution is -0.130. The third kappa shape index (κ3) is 4.36. The van der Waals surface area contributed by atoms with Crippen molar-refractivity contribution in [2.45, 2.75) is 13.0 Å². The number of ether oxygens (including phenoxy) is 3. The zero-order chi connectivity index (χ0) is 19.4. The first-order valence-electron chi connectivity index (χ1n) is 8.06. The standard InChI is InChI=1S/C18H16Br2N2O5/c1-2-25-13-7-10(15(19)16(20)17(13)23)8-21-22-18(24)14-9-26-11-5-3-4-6-12(11)27-14/h3-8,14,23H,2,9H2,1H3,(H,22,24)/b21-8-/t14-/m1/s1. The molecule has 2 N–H and O–H groups in total. The molecule has 1 amide bonds. The Bertz CT molecular complexity index is 888. The maximum atomic E-state index is 12.3. The SMILES string of the molecule is CCOc1cc(/C=N\NC(=O)[C@H]2COc3ccccc3O2)c(Br)c(Br)c1O. The topological polar surface area (TPSA) is 89.4 Å². The number of hydrogen-bond acceptors (Lipinski definition) is 6. The number of benzene rings is 2. The molecular formula is C18H16Br2N2O5. The van der Waals surface area contributed by atoms with Crippen molar-refractivity contribution in [2.24, 2.45) is 5.10 Å². The summed E-state index contributed by atoms with van der Waals surface area (Å²) in [5.41, 5.74) is 3.04. The fourth-order valence-electron chi connectivity index (χ4n) is 2.36. The minimum atomic E-state index is -0.800. The van der Waals surface area contributed by atoms with Crippen LogP contribution in [-0.4, -0.2) is 36.5 Å². The van der Waals surface area contributed by atoms with E-state index >= 15 is 0 Å². The molecule has 0 unspecified atom stereocenters. The summed E-state index contributed by atoms with van der Waals surface area (Å²) in [6.07, 6.45) is 0.637. The highest BCUT2D eigenvalue weighted by atomic mass is 79.9. The molecule has 2 aromatic carbocycles. The fourth-order valence-corrected chi connectivity index (χ4v) is 3.19. The van der Waals surface area contributed by atoms with Crippen molar-refractivity contribution in [3.63, 3.8) is 0 Å². The number of halogens is 2. The average molecular weight is 500 g/mol. The average Bonchev–Trinajstić information content (AvgIpc) is 2.69. The van der Waals surface area contributed by atoms with Crippen LogP contribution in [0.25, 0.3) is 0 Å². The predicted octanol–water partition coefficient (Wildman–Crippen LogP) is 3.61. The molecule has 142 valence electrons. The summed E-state index contributed by atoms with van der Waals surface area (Å²) in [5.74, 6) is 0.975. The molecule has 3 rings (SSSR count). The number of carbonyl (C=O) groups excluding carboxylic acids is 1. The Hall–Kier alpha value is -2.26. The zero-order valence-corrected chi connectivity index (χ0v) is 17.4. The summed E-state index contributed by atoms with van der Waals surface area (Å²) in [5, 5.41) is 14.0. The Morgan fingerprint density at radius 3 is 2.85 bits per heavy atom. The van der Waals surface area contributed by atoms with Gasteiger partial charge in [0.15, 0.2) is 23.0 Å². The summed E-state index contributed by atoms with van der Waals surface area (Å²) < 4.78 is 17.5. The number of hydrazone groups is 1. The lowest BCUT2D eigenvalue weighted by Gasteiger charge is -2.24. The largest absolute Gasteiger partial charge is 0.503 e. The second-order valence-electron chi connectivity index (χ2n) is 5.47. The van der Waals surface area contributed by atoms with Gasteiger partial charge in [0.25, 0.3) is 5.91 Å². The highest BCUT2D eigenvalue weighted by Gasteiger charge is 2.27. The summed E-state index contributed by atoms with van der Waals surface area (Å²) in [7, 11) is 0. The summed E-state index contributed by atoms with van der Waals surface area (Å²) in [4.78, 5) is 12.3. The van der Waals surface area contributed by atoms with Crippen LogP contribution in [0.2, 0.25) is 0 Å². The lowest BCUT2D eigenvalue weighted by Crippen LogP contribution is -2.42. The van der Waals surface area contributed by atoms with Crippen LogP contribution in [0, 0.1) is 0 Å². The second kappa shape index (κ2) is 8.62. The van der Waals surface area contributed by atoms with Gasteiger partial charge < -0.3 is 19.3 Å². The molecule has 1 aliphatic heterocycles. The number of nitrogens with zero attached hydrogens (tertiary/aromatic N) is 1. The van der Waals surface area contributed by atoms with Gasteiger partial charge in [0.2, 0.25) is 6.10 Å². The predicted molar refractivity (Wildman–Crippen MR) is 107 cm³/mol. The third-order valence-electron chi connectivity index (χ3n) is 3.65. The van der Waals surface area contributed by atoms with E-state index in [9.17, 15) is 9.90 Å². The Labute approximate surface area is 172 Å². The second-order valence-corrected chi connectivity index (χ2v) is 7.06. The van der Waals surface area contributed by atoms with Gasteiger partial charge in [-0.2, -0.15) is 5.10 Å². The molecule has 0 saturated carbocycles. The molecule has 0 aromatic heterocycles. The van der Waals surface area contributed by atoms with Crippen LogP contribution in [0.15, 0.2) is 44.4 Å². The van der Waals surface area contributed by atoms with Crippen molar-refractivity contribution in [2.75, 3.05) is 13.2 Å². The lowest BCUT2D eigenvalue weighted by atomic mass is 10.2. The van der Waals surface area contributed by atoms with Gasteiger partial charge in [-0.15, -0.1) is 0 Å². The summed E-state index contributed by atoms with van der Waals surface area (Å²) in [6, 6.07) is 8.75. The summed E-state index contributed by atoms with van der Waals surface area (Å²) >= 11 is 6.65. The van der Waals surface area contributed by atoms with Gasteiger partial charge >= 0.3 is 0 Å². The molecule has 7 nitrogen and oxygen atoms in total. The molecule has 0 spiro atoms. The molecule has 1 heterocycles. The van der Waals surface area contributed by atoms with E-state index in [1.807, 2.05) is 13.0 Å². The van der Waals surface area contributed by atoms with E-state index in [1.54, 1.807) is 24.3 Å². The zero-order valence-electron chi connectivity index (χ0n) is 14.2. The molecular weight excluding hydrogens is 484 g/mol. The number of fused-ring (bicyclic) bond motifs is 1. The first-order valence-corrected chi connectivity index (χ1v) is 9.65. The molecule has 27 heavy (non-hydrogen) atoms. The van der Waals surface area contributed by atoms with Crippen LogP contribution in [0.1, 0.15) is 12.5 Å². The monoisotopic (exact) mass is 498 g/mol. The van der Waals surface area contributed by atoms with Crippen LogP contribution in [0.3, 0.4) is 0 Å². The number of carbonyl (C=O) groups is 1. The van der Waals surface area contributed by atoms with Gasteiger partial charge in [-0.25, -0.2) is 5.43 Å². The number of phenolic OH excluding ortho intramolecular Hbond substituents is 1. The minimum absolute atomic E-state index is 0.0173. The third-order valence-corrected chi connectivity index (χ3v) is 5.81. The number of hydrogen-bond donors (Lipinski definition) is 2. The molecule has 0 bridgehead atoms. The van der Waals surface area contributed by atoms with Crippen LogP contribution in [0.5, 0.6) is 23.0 Å². The molecule has 2 aromatic rings. The molecule has 0 saturated heterocycles. The van der Waals surface area contributed by atoms with E-state index in [0.29, 0.717) is 38.4 Å². The molecule has 9 heteroatoms. The van der Waals surface area contributed by atoms with E-state index in [-0.39, 0.29) is 12.4 Å². The van der Waals surface area contributed by atoms with Crippen molar-refractivity contribution in [3.05, 3.63) is 44.8 Å². The van der Waals surface area contributed by atoms with Crippen molar-refractivity contribution < 1.29 is 24.1 Å². The number of rotatable bonds is 5. The van der Waals surface area contributed by atoms with Crippen molar-refractivity contribution in [3.8, 4) is 23.0 Å². The van der Waals surface area contributed by atoms with Crippen LogP contribution < -0.4 is 19.6 Å². The Morgan fingerprint density at radius 1 is 1.37 bits per heavy atom. The van der Waals surface area contributed by atoms with Crippen LogP contribution in [0.4, 0.5) is 0 Å². The van der Waals surface area contributed by atoms with E-state index in [1.165, 1.54) is 6.21 Å². The van der Waals surface area contributed by atoms with Gasteiger partial charge in [-0.05, 0) is 57.0 Å². The van der Waals surface area contributed by atoms with E-state index in [0.717, 1.165) is 0 Å². The van der Waals surface area contributed by atoms with Crippen LogP contribution >= 0.6 is 31.9 Å². The maximum Gasteiger partial charge on any atom is 0.284 e. The number of amides is 1. The summed E-state index contributed by atoms with van der Waals surface area (Å²) in [6.45, 7) is 2.31. The van der Waals surface area contributed by atoms with Crippen molar-refractivity contribution in [1.29, 1.82) is 0 Å². The van der Waals surface area contributed by atoms with Crippen molar-refractivity contribution >= 4 is 44.0 Å². The molecule has 0 radical (unpaired) electrons. The van der Waals surface area contributed by atoms with Crippen molar-refractivity contribution in [1.82, 2.24) is 5.43 Å². The molecule has 0 aliphatic carbocycles. The Balaban J connectivity index is 1.68. The van der Waals surface area contributed by atoms with Gasteiger partial charge in [-0.3, -0.25) is 4.79 Å². The highest BCUT2D eigenvalue weighted by Crippen LogP contribution is 2.41. The Kier molecular flexibility index (Phi) is 6.22. The quantitative estimate of drug-likeness (QED) is 0.484. The molecule has 0 fully saturated rings. The van der Waals surface area contributed by atoms with Gasteiger partial charge in [0, 0.05) is 10.0 Å². The van der Waals surface area contributed by atoms with Gasteiger partial charge in [0.05, 0.1) is 17.3 Å². The number of nitrogens with one attached hydrogen (secondary N) is 1. The smallest absolute Gasteiger partial charge is 0.284 e. The molecule has 1 aliphatic rings. The van der Waals surface area contributed by atoms with E-state index in [4.69, 9.17) is 14.2 Å². The number of para-hydroxylation sites is 2. The van der Waals surface area contributed by atoms with Gasteiger partial charge in [-0.1, -0.05) is 12.1 Å². The fraction of sp³-hybridized carbons (Fsp3) is 0.222. The number of phenols is 1. The maximum absolute atomic E-state index is 12.3. The van der Waals surface area contributed by atoms with E-state index in [2.05, 4.69) is 42.4 Å². The number of aromatic hydroxyl groups is 1. The normalized spacial score (nSPS) is 15.6. The highest BCUT2D eigenvalue weighted by molar-refractivity contribution is 9.13. The molecule has 1 atom stereocenters. The van der Waals surface area contributed by atoms with Crippen LogP contribution in [-0.2, 0) is 4.79 Å². The minimum Gasteiger partial charge on any atom is -0.503 e. The van der Waals surface area contributed by atoms with E-state index < -0.39 is 12.0 Å². The first kappa shape index (κ1) is 19.5.